The molecule has 0 aliphatic carbocycles. The number of aromatic nitrogens is 1. The summed E-state index contributed by atoms with van der Waals surface area (Å²) in [6, 6.07) is 19.8. The highest BCUT2D eigenvalue weighted by Gasteiger charge is 2.28. The molecule has 0 radical (unpaired) electrons. The summed E-state index contributed by atoms with van der Waals surface area (Å²) in [5.74, 6) is 0.426. The number of carbonyl (C=O) groups excluding carboxylic acids is 2. The summed E-state index contributed by atoms with van der Waals surface area (Å²) in [6.07, 6.45) is 0.479. The van der Waals surface area contributed by atoms with Crippen LogP contribution in [0.25, 0.3) is 10.9 Å². The number of Topliss-reactive ketones (excluding diaryl/α,β-unsaturated/α-hetero) is 1. The van der Waals surface area contributed by atoms with E-state index in [2.05, 4.69) is 4.98 Å². The Hall–Kier alpha value is -4.26. The van der Waals surface area contributed by atoms with Crippen LogP contribution in [0.2, 0.25) is 0 Å². The summed E-state index contributed by atoms with van der Waals surface area (Å²) in [7, 11) is 4.52. The second-order valence-corrected chi connectivity index (χ2v) is 7.60. The molecule has 1 heterocycles. The number of benzene rings is 3. The van der Waals surface area contributed by atoms with Gasteiger partial charge in [0.05, 0.1) is 27.8 Å². The number of H-pyrrole nitrogens is 1. The summed E-state index contributed by atoms with van der Waals surface area (Å²) in [4.78, 5) is 29.6. The van der Waals surface area contributed by atoms with Crippen molar-refractivity contribution in [2.24, 2.45) is 0 Å². The number of fused-ring (bicyclic) bond motifs is 1. The fourth-order valence-corrected chi connectivity index (χ4v) is 3.89. The third-order valence-electron chi connectivity index (χ3n) is 5.52. The molecule has 1 aromatic heterocycles. The molecule has 7 heteroatoms. The topological polar surface area (TPSA) is 86.9 Å². The summed E-state index contributed by atoms with van der Waals surface area (Å²) < 4.78 is 21.8. The summed E-state index contributed by atoms with van der Waals surface area (Å²) in [5.41, 5.74) is 2.49. The zero-order valence-electron chi connectivity index (χ0n) is 19.2. The lowest BCUT2D eigenvalue weighted by Gasteiger charge is -2.18. The van der Waals surface area contributed by atoms with Crippen LogP contribution in [-0.4, -0.2) is 38.1 Å². The van der Waals surface area contributed by atoms with E-state index in [-0.39, 0.29) is 12.2 Å². The van der Waals surface area contributed by atoms with Gasteiger partial charge in [0.15, 0.2) is 17.6 Å². The molecule has 0 fully saturated rings. The molecule has 34 heavy (non-hydrogen) atoms. The predicted octanol–water partition coefficient (Wildman–Crippen LogP) is 4.90. The van der Waals surface area contributed by atoms with Gasteiger partial charge in [-0.2, -0.15) is 0 Å². The molecule has 1 unspecified atom stereocenters. The predicted molar refractivity (Wildman–Crippen MR) is 128 cm³/mol. The lowest BCUT2D eigenvalue weighted by molar-refractivity contribution is -0.146. The third kappa shape index (κ3) is 4.59. The molecule has 1 atom stereocenters. The maximum absolute atomic E-state index is 13.5. The Labute approximate surface area is 197 Å². The van der Waals surface area contributed by atoms with Crippen molar-refractivity contribution in [3.63, 3.8) is 0 Å². The van der Waals surface area contributed by atoms with E-state index in [1.807, 2.05) is 30.3 Å². The van der Waals surface area contributed by atoms with Crippen LogP contribution in [0.15, 0.2) is 72.9 Å². The molecule has 0 aliphatic heterocycles. The number of methoxy groups -OCH3 is 3. The summed E-state index contributed by atoms with van der Waals surface area (Å²) in [5, 5.41) is 0.772. The van der Waals surface area contributed by atoms with Crippen LogP contribution < -0.4 is 14.2 Å². The average Bonchev–Trinajstić information content (AvgIpc) is 3.31. The highest BCUT2D eigenvalue weighted by molar-refractivity contribution is 6.10. The number of esters is 1. The van der Waals surface area contributed by atoms with E-state index < -0.39 is 12.1 Å². The number of ketones is 1. The summed E-state index contributed by atoms with van der Waals surface area (Å²) >= 11 is 0. The van der Waals surface area contributed by atoms with Crippen LogP contribution in [0.5, 0.6) is 17.2 Å². The first-order chi connectivity index (χ1) is 16.5. The first kappa shape index (κ1) is 22.9. The lowest BCUT2D eigenvalue weighted by Crippen LogP contribution is -2.21. The standard InChI is InChI=1S/C27H25NO6/c1-31-22-13-17(14-23(32-2)27(22)33-3)15-24(29)34-26(18-9-5-4-6-10-18)25(30)20-16-28-21-12-8-7-11-19(20)21/h4-14,16,26,28H,15H2,1-3H3. The zero-order chi connectivity index (χ0) is 24.1. The number of ether oxygens (including phenoxy) is 4. The van der Waals surface area contributed by atoms with Crippen molar-refractivity contribution in [2.75, 3.05) is 21.3 Å². The third-order valence-corrected chi connectivity index (χ3v) is 5.52. The quantitative estimate of drug-likeness (QED) is 0.283. The Morgan fingerprint density at radius 3 is 2.15 bits per heavy atom. The molecule has 4 aromatic rings. The molecular weight excluding hydrogens is 434 g/mol. The van der Waals surface area contributed by atoms with Gasteiger partial charge in [0.25, 0.3) is 0 Å². The Morgan fingerprint density at radius 1 is 0.853 bits per heavy atom. The molecule has 0 saturated carbocycles. The highest BCUT2D eigenvalue weighted by Crippen LogP contribution is 2.38. The monoisotopic (exact) mass is 459 g/mol. The molecule has 174 valence electrons. The van der Waals surface area contributed by atoms with Crippen molar-refractivity contribution in [1.29, 1.82) is 0 Å². The van der Waals surface area contributed by atoms with Crippen LogP contribution in [-0.2, 0) is 16.0 Å². The molecular formula is C27H25NO6. The van der Waals surface area contributed by atoms with Crippen LogP contribution in [0, 0.1) is 0 Å². The van der Waals surface area contributed by atoms with Gasteiger partial charge < -0.3 is 23.9 Å². The van der Waals surface area contributed by atoms with Crippen LogP contribution in [0.1, 0.15) is 27.6 Å². The van der Waals surface area contributed by atoms with Crippen LogP contribution >= 0.6 is 0 Å². The Kier molecular flexibility index (Phi) is 6.82. The SMILES string of the molecule is COc1cc(CC(=O)OC(C(=O)c2c[nH]c3ccccc23)c2ccccc2)cc(OC)c1OC. The van der Waals surface area contributed by atoms with Gasteiger partial charge >= 0.3 is 5.97 Å². The van der Waals surface area contributed by atoms with Gasteiger partial charge in [-0.15, -0.1) is 0 Å². The van der Waals surface area contributed by atoms with E-state index in [1.54, 1.807) is 42.6 Å². The molecule has 7 nitrogen and oxygen atoms in total. The van der Waals surface area contributed by atoms with Gasteiger partial charge in [-0.1, -0.05) is 48.5 Å². The van der Waals surface area contributed by atoms with Crippen molar-refractivity contribution in [3.05, 3.63) is 89.6 Å². The van der Waals surface area contributed by atoms with Crippen molar-refractivity contribution >= 4 is 22.7 Å². The van der Waals surface area contributed by atoms with E-state index in [9.17, 15) is 9.59 Å². The minimum atomic E-state index is -1.09. The van der Waals surface area contributed by atoms with Crippen LogP contribution in [0.3, 0.4) is 0 Å². The number of aromatic amines is 1. The lowest BCUT2D eigenvalue weighted by atomic mass is 9.99. The second kappa shape index (κ2) is 10.1. The van der Waals surface area contributed by atoms with Gasteiger partial charge in [-0.3, -0.25) is 9.59 Å². The molecule has 0 aliphatic rings. The Balaban J connectivity index is 1.63. The fraction of sp³-hybridized carbons (Fsp3) is 0.185. The van der Waals surface area contributed by atoms with Crippen molar-refractivity contribution in [2.45, 2.75) is 12.5 Å². The van der Waals surface area contributed by atoms with Gasteiger partial charge in [-0.05, 0) is 23.8 Å². The van der Waals surface area contributed by atoms with Crippen molar-refractivity contribution in [3.8, 4) is 17.2 Å². The molecule has 3 aromatic carbocycles. The molecule has 1 N–H and O–H groups in total. The highest BCUT2D eigenvalue weighted by atomic mass is 16.5. The number of hydrogen-bond acceptors (Lipinski definition) is 6. The molecule has 4 rings (SSSR count). The number of carbonyl (C=O) groups is 2. The Bertz CT molecular complexity index is 1290. The zero-order valence-corrected chi connectivity index (χ0v) is 19.2. The van der Waals surface area contributed by atoms with E-state index in [0.29, 0.717) is 33.9 Å². The smallest absolute Gasteiger partial charge is 0.311 e. The van der Waals surface area contributed by atoms with Gasteiger partial charge in [-0.25, -0.2) is 0 Å². The van der Waals surface area contributed by atoms with E-state index in [1.165, 1.54) is 21.3 Å². The second-order valence-electron chi connectivity index (χ2n) is 7.60. The van der Waals surface area contributed by atoms with E-state index in [4.69, 9.17) is 18.9 Å². The van der Waals surface area contributed by atoms with Gasteiger partial charge in [0.2, 0.25) is 11.5 Å². The molecule has 0 spiro atoms. The van der Waals surface area contributed by atoms with E-state index >= 15 is 0 Å². The van der Waals surface area contributed by atoms with E-state index in [0.717, 1.165) is 10.9 Å². The van der Waals surface area contributed by atoms with Gasteiger partial charge in [0.1, 0.15) is 0 Å². The summed E-state index contributed by atoms with van der Waals surface area (Å²) in [6.45, 7) is 0. The van der Waals surface area contributed by atoms with Crippen molar-refractivity contribution in [1.82, 2.24) is 4.98 Å². The molecule has 0 bridgehead atoms. The number of nitrogens with one attached hydrogen (secondary N) is 1. The van der Waals surface area contributed by atoms with Gasteiger partial charge in [0, 0.05) is 28.2 Å². The maximum atomic E-state index is 13.5. The first-order valence-corrected chi connectivity index (χ1v) is 10.7. The largest absolute Gasteiger partial charge is 0.493 e. The number of hydrogen-bond donors (Lipinski definition) is 1. The van der Waals surface area contributed by atoms with Crippen molar-refractivity contribution < 1.29 is 28.5 Å². The number of rotatable bonds is 9. The molecule has 0 amide bonds. The first-order valence-electron chi connectivity index (χ1n) is 10.7. The number of para-hydroxylation sites is 1. The normalized spacial score (nSPS) is 11.6. The average molecular weight is 459 g/mol. The van der Waals surface area contributed by atoms with Crippen LogP contribution in [0.4, 0.5) is 0 Å². The minimum Gasteiger partial charge on any atom is -0.493 e. The fourth-order valence-electron chi connectivity index (χ4n) is 3.89. The maximum Gasteiger partial charge on any atom is 0.311 e. The minimum absolute atomic E-state index is 0.0821. The Morgan fingerprint density at radius 2 is 1.50 bits per heavy atom. The molecule has 0 saturated heterocycles.